The highest BCUT2D eigenvalue weighted by Crippen LogP contribution is 2.46. The Bertz CT molecular complexity index is 476. The van der Waals surface area contributed by atoms with Gasteiger partial charge in [0, 0.05) is 0 Å². The zero-order valence-electron chi connectivity index (χ0n) is 9.19. The van der Waals surface area contributed by atoms with E-state index < -0.39 is 0 Å². The average molecular weight is 215 g/mol. The number of rotatable bonds is 0. The standard InChI is InChI=1S/C13H13NO2/c1-8-4-9(7-14)11-6-13-12(5-10(8)11)15-2-3-16-13/h5-6,8-9H,2-4H2,1H3. The Hall–Kier alpha value is -1.69. The van der Waals surface area contributed by atoms with Gasteiger partial charge in [-0.2, -0.15) is 5.26 Å². The van der Waals surface area contributed by atoms with Crippen molar-refractivity contribution in [2.75, 3.05) is 13.2 Å². The molecule has 0 radical (unpaired) electrons. The molecule has 0 saturated heterocycles. The van der Waals surface area contributed by atoms with E-state index in [1.807, 2.05) is 12.1 Å². The monoisotopic (exact) mass is 215 g/mol. The van der Waals surface area contributed by atoms with Gasteiger partial charge in [0.15, 0.2) is 11.5 Å². The van der Waals surface area contributed by atoms with Crippen LogP contribution in [-0.4, -0.2) is 13.2 Å². The molecule has 2 atom stereocenters. The van der Waals surface area contributed by atoms with E-state index in [4.69, 9.17) is 14.7 Å². The Balaban J connectivity index is 2.13. The van der Waals surface area contributed by atoms with Crippen LogP contribution in [0.4, 0.5) is 0 Å². The SMILES string of the molecule is CC1CC(C#N)c2cc3c(cc21)OCCO3. The molecular formula is C13H13NO2. The first kappa shape index (κ1) is 9.53. The summed E-state index contributed by atoms with van der Waals surface area (Å²) in [5.41, 5.74) is 2.37. The first-order valence-corrected chi connectivity index (χ1v) is 5.62. The van der Waals surface area contributed by atoms with Gasteiger partial charge in [-0.15, -0.1) is 0 Å². The molecule has 0 aromatic heterocycles. The molecular weight excluding hydrogens is 202 g/mol. The normalized spacial score (nSPS) is 26.0. The smallest absolute Gasteiger partial charge is 0.161 e. The van der Waals surface area contributed by atoms with Gasteiger partial charge in [-0.25, -0.2) is 0 Å². The minimum atomic E-state index is 0.0147. The van der Waals surface area contributed by atoms with Crippen molar-refractivity contribution in [2.45, 2.75) is 25.2 Å². The summed E-state index contributed by atoms with van der Waals surface area (Å²) in [4.78, 5) is 0. The van der Waals surface area contributed by atoms with Crippen molar-refractivity contribution < 1.29 is 9.47 Å². The van der Waals surface area contributed by atoms with Gasteiger partial charge in [0.1, 0.15) is 13.2 Å². The van der Waals surface area contributed by atoms with Crippen LogP contribution in [-0.2, 0) is 0 Å². The summed E-state index contributed by atoms with van der Waals surface area (Å²) in [5.74, 6) is 2.08. The van der Waals surface area contributed by atoms with Gasteiger partial charge in [0.25, 0.3) is 0 Å². The lowest BCUT2D eigenvalue weighted by molar-refractivity contribution is 0.171. The molecule has 82 valence electrons. The summed E-state index contributed by atoms with van der Waals surface area (Å²) < 4.78 is 11.1. The Morgan fingerprint density at radius 1 is 1.19 bits per heavy atom. The molecule has 1 heterocycles. The second-order valence-electron chi connectivity index (χ2n) is 4.44. The van der Waals surface area contributed by atoms with Crippen LogP contribution in [0.25, 0.3) is 0 Å². The van der Waals surface area contributed by atoms with Crippen LogP contribution in [0, 0.1) is 11.3 Å². The van der Waals surface area contributed by atoms with Crippen molar-refractivity contribution in [3.8, 4) is 17.6 Å². The van der Waals surface area contributed by atoms with E-state index in [9.17, 15) is 0 Å². The molecule has 3 rings (SSSR count). The zero-order valence-corrected chi connectivity index (χ0v) is 9.19. The van der Waals surface area contributed by atoms with E-state index in [1.165, 1.54) is 5.56 Å². The largest absolute Gasteiger partial charge is 0.486 e. The summed E-state index contributed by atoms with van der Waals surface area (Å²) in [6, 6.07) is 6.40. The maximum absolute atomic E-state index is 9.11. The highest BCUT2D eigenvalue weighted by atomic mass is 16.6. The lowest BCUT2D eigenvalue weighted by Gasteiger charge is -2.20. The third-order valence-electron chi connectivity index (χ3n) is 3.40. The van der Waals surface area contributed by atoms with Crippen molar-refractivity contribution in [1.82, 2.24) is 0 Å². The van der Waals surface area contributed by atoms with Crippen LogP contribution in [0.3, 0.4) is 0 Å². The fraction of sp³-hybridized carbons (Fsp3) is 0.462. The van der Waals surface area contributed by atoms with Crippen LogP contribution in [0.15, 0.2) is 12.1 Å². The van der Waals surface area contributed by atoms with Crippen molar-refractivity contribution >= 4 is 0 Å². The summed E-state index contributed by atoms with van der Waals surface area (Å²) >= 11 is 0. The fourth-order valence-corrected chi connectivity index (χ4v) is 2.58. The van der Waals surface area contributed by atoms with Gasteiger partial charge < -0.3 is 9.47 Å². The summed E-state index contributed by atoms with van der Waals surface area (Å²) in [6.45, 7) is 3.37. The Labute approximate surface area is 94.6 Å². The Morgan fingerprint density at radius 3 is 2.44 bits per heavy atom. The Kier molecular flexibility index (Phi) is 2.03. The molecule has 2 unspecified atom stereocenters. The molecule has 3 nitrogen and oxygen atoms in total. The molecule has 0 bridgehead atoms. The minimum absolute atomic E-state index is 0.0147. The van der Waals surface area contributed by atoms with E-state index in [0.29, 0.717) is 19.1 Å². The molecule has 0 N–H and O–H groups in total. The first-order valence-electron chi connectivity index (χ1n) is 5.62. The molecule has 1 aliphatic carbocycles. The molecule has 3 heteroatoms. The van der Waals surface area contributed by atoms with Crippen LogP contribution in [0.5, 0.6) is 11.5 Å². The van der Waals surface area contributed by atoms with Crippen LogP contribution < -0.4 is 9.47 Å². The number of ether oxygens (including phenoxy) is 2. The third-order valence-corrected chi connectivity index (χ3v) is 3.40. The van der Waals surface area contributed by atoms with Crippen LogP contribution >= 0.6 is 0 Å². The van der Waals surface area contributed by atoms with E-state index >= 15 is 0 Å². The van der Waals surface area contributed by atoms with Crippen molar-refractivity contribution in [1.29, 1.82) is 5.26 Å². The van der Waals surface area contributed by atoms with Gasteiger partial charge in [0.2, 0.25) is 0 Å². The lowest BCUT2D eigenvalue weighted by Crippen LogP contribution is -2.15. The quantitative estimate of drug-likeness (QED) is 0.668. The van der Waals surface area contributed by atoms with E-state index in [-0.39, 0.29) is 5.92 Å². The topological polar surface area (TPSA) is 42.2 Å². The van der Waals surface area contributed by atoms with Crippen molar-refractivity contribution in [2.24, 2.45) is 0 Å². The third kappa shape index (κ3) is 1.26. The Morgan fingerprint density at radius 2 is 1.81 bits per heavy atom. The number of nitrogens with zero attached hydrogens (tertiary/aromatic N) is 1. The molecule has 0 amide bonds. The highest BCUT2D eigenvalue weighted by molar-refractivity contribution is 5.53. The fourth-order valence-electron chi connectivity index (χ4n) is 2.58. The highest BCUT2D eigenvalue weighted by Gasteiger charge is 2.30. The van der Waals surface area contributed by atoms with Gasteiger partial charge in [-0.3, -0.25) is 0 Å². The van der Waals surface area contributed by atoms with Gasteiger partial charge >= 0.3 is 0 Å². The molecule has 1 aromatic rings. The van der Waals surface area contributed by atoms with E-state index in [1.54, 1.807) is 0 Å². The lowest BCUT2D eigenvalue weighted by atomic mass is 10.0. The van der Waals surface area contributed by atoms with E-state index in [2.05, 4.69) is 13.0 Å². The predicted octanol–water partition coefficient (Wildman–Crippen LogP) is 2.57. The van der Waals surface area contributed by atoms with Gasteiger partial charge in [0.05, 0.1) is 12.0 Å². The van der Waals surface area contributed by atoms with Crippen LogP contribution in [0.2, 0.25) is 0 Å². The second kappa shape index (κ2) is 3.41. The summed E-state index contributed by atoms with van der Waals surface area (Å²) in [5, 5.41) is 9.11. The minimum Gasteiger partial charge on any atom is -0.486 e. The molecule has 1 aromatic carbocycles. The predicted molar refractivity (Wildman–Crippen MR) is 58.8 cm³/mol. The van der Waals surface area contributed by atoms with Gasteiger partial charge in [-0.05, 0) is 35.6 Å². The number of benzene rings is 1. The average Bonchev–Trinajstić information content (AvgIpc) is 2.63. The van der Waals surface area contributed by atoms with Crippen LogP contribution in [0.1, 0.15) is 36.3 Å². The van der Waals surface area contributed by atoms with Crippen molar-refractivity contribution in [3.63, 3.8) is 0 Å². The van der Waals surface area contributed by atoms with Crippen molar-refractivity contribution in [3.05, 3.63) is 23.3 Å². The maximum Gasteiger partial charge on any atom is 0.161 e. The zero-order chi connectivity index (χ0) is 11.1. The van der Waals surface area contributed by atoms with E-state index in [0.717, 1.165) is 23.5 Å². The molecule has 16 heavy (non-hydrogen) atoms. The number of hydrogen-bond acceptors (Lipinski definition) is 3. The first-order chi connectivity index (χ1) is 7.79. The maximum atomic E-state index is 9.11. The summed E-state index contributed by atoms with van der Waals surface area (Å²) in [6.07, 6.45) is 0.911. The second-order valence-corrected chi connectivity index (χ2v) is 4.44. The van der Waals surface area contributed by atoms with Gasteiger partial charge in [-0.1, -0.05) is 6.92 Å². The molecule has 0 saturated carbocycles. The number of hydrogen-bond donors (Lipinski definition) is 0. The molecule has 0 fully saturated rings. The molecule has 1 aliphatic heterocycles. The molecule has 0 spiro atoms. The summed E-state index contributed by atoms with van der Waals surface area (Å²) in [7, 11) is 0. The number of fused-ring (bicyclic) bond motifs is 2. The molecule has 2 aliphatic rings. The number of nitriles is 1.